The van der Waals surface area contributed by atoms with Crippen molar-refractivity contribution in [3.63, 3.8) is 0 Å². The first-order valence-electron chi connectivity index (χ1n) is 8.28. The van der Waals surface area contributed by atoms with Gasteiger partial charge >= 0.3 is 0 Å². The van der Waals surface area contributed by atoms with E-state index in [2.05, 4.69) is 47.5 Å². The summed E-state index contributed by atoms with van der Waals surface area (Å²) in [6, 6.07) is 13.1. The second-order valence-electron chi connectivity index (χ2n) is 6.30. The molecule has 1 aliphatic rings. The number of hydrogen-bond acceptors (Lipinski definition) is 6. The first kappa shape index (κ1) is 15.5. The number of aromatic nitrogens is 2. The van der Waals surface area contributed by atoms with Crippen molar-refractivity contribution < 1.29 is 0 Å². The highest BCUT2D eigenvalue weighted by molar-refractivity contribution is 7.13. The maximum atomic E-state index is 4.80. The maximum Gasteiger partial charge on any atom is 0.172 e. The molecule has 3 heterocycles. The third kappa shape index (κ3) is 2.88. The summed E-state index contributed by atoms with van der Waals surface area (Å²) in [4.78, 5) is 10.6. The fraction of sp³-hybridized carbons (Fsp3) is 0.333. The van der Waals surface area contributed by atoms with Crippen molar-refractivity contribution in [2.45, 2.75) is 25.9 Å². The van der Waals surface area contributed by atoms with Crippen LogP contribution in [-0.2, 0) is 0 Å². The van der Waals surface area contributed by atoms with Crippen molar-refractivity contribution in [1.29, 1.82) is 0 Å². The molecule has 3 aromatic rings. The molecule has 0 saturated carbocycles. The van der Waals surface area contributed by atoms with Gasteiger partial charge in [-0.15, -0.1) is 11.3 Å². The molecular formula is C18H21N5S. The first-order chi connectivity index (χ1) is 11.7. The SMILES string of the molecule is CC1NNC(C)C1CNc1nc(-c2cccs2)nc2ccccc12. The summed E-state index contributed by atoms with van der Waals surface area (Å²) in [5.74, 6) is 2.20. The molecule has 0 radical (unpaired) electrons. The number of nitrogens with one attached hydrogen (secondary N) is 3. The van der Waals surface area contributed by atoms with Crippen LogP contribution < -0.4 is 16.2 Å². The number of rotatable bonds is 4. The standard InChI is InChI=1S/C18H21N5S/c1-11-14(12(2)23-22-11)10-19-17-13-6-3-4-7-15(13)20-18(21-17)16-8-5-9-24-16/h3-9,11-12,14,22-23H,10H2,1-2H3,(H,19,20,21). The fourth-order valence-electron chi connectivity index (χ4n) is 3.21. The van der Waals surface area contributed by atoms with Crippen LogP contribution in [0.2, 0.25) is 0 Å². The van der Waals surface area contributed by atoms with Crippen LogP contribution >= 0.6 is 11.3 Å². The molecule has 2 unspecified atom stereocenters. The van der Waals surface area contributed by atoms with Crippen molar-refractivity contribution in [3.8, 4) is 10.7 Å². The summed E-state index contributed by atoms with van der Waals surface area (Å²) in [6.07, 6.45) is 0. The van der Waals surface area contributed by atoms with Gasteiger partial charge < -0.3 is 5.32 Å². The number of para-hydroxylation sites is 1. The zero-order chi connectivity index (χ0) is 16.5. The van der Waals surface area contributed by atoms with Crippen LogP contribution in [0.4, 0.5) is 5.82 Å². The van der Waals surface area contributed by atoms with Gasteiger partial charge in [-0.3, -0.25) is 10.9 Å². The van der Waals surface area contributed by atoms with Crippen molar-refractivity contribution in [3.05, 3.63) is 41.8 Å². The van der Waals surface area contributed by atoms with E-state index >= 15 is 0 Å². The summed E-state index contributed by atoms with van der Waals surface area (Å²) in [5.41, 5.74) is 7.59. The minimum absolute atomic E-state index is 0.428. The Labute approximate surface area is 145 Å². The van der Waals surface area contributed by atoms with E-state index in [1.807, 2.05) is 24.3 Å². The molecule has 124 valence electrons. The van der Waals surface area contributed by atoms with Crippen LogP contribution in [0.1, 0.15) is 13.8 Å². The van der Waals surface area contributed by atoms with E-state index in [9.17, 15) is 0 Å². The molecule has 6 heteroatoms. The lowest BCUT2D eigenvalue weighted by atomic mass is 9.97. The number of hydrazine groups is 1. The Morgan fingerprint density at radius 1 is 1.04 bits per heavy atom. The van der Waals surface area contributed by atoms with Gasteiger partial charge in [-0.2, -0.15) is 0 Å². The topological polar surface area (TPSA) is 61.9 Å². The molecular weight excluding hydrogens is 318 g/mol. The molecule has 3 N–H and O–H groups in total. The van der Waals surface area contributed by atoms with E-state index < -0.39 is 0 Å². The Hall–Kier alpha value is -2.02. The van der Waals surface area contributed by atoms with Gasteiger partial charge in [0.2, 0.25) is 0 Å². The highest BCUT2D eigenvalue weighted by Gasteiger charge is 2.29. The number of thiophene rings is 1. The largest absolute Gasteiger partial charge is 0.369 e. The average molecular weight is 339 g/mol. The molecule has 1 aliphatic heterocycles. The average Bonchev–Trinajstić information content (AvgIpc) is 3.24. The second-order valence-corrected chi connectivity index (χ2v) is 7.25. The van der Waals surface area contributed by atoms with Crippen LogP contribution in [0.5, 0.6) is 0 Å². The lowest BCUT2D eigenvalue weighted by molar-refractivity contribution is 0.466. The number of hydrogen-bond donors (Lipinski definition) is 3. The Kier molecular flexibility index (Phi) is 4.18. The monoisotopic (exact) mass is 339 g/mol. The molecule has 1 fully saturated rings. The van der Waals surface area contributed by atoms with Crippen LogP contribution in [0.15, 0.2) is 41.8 Å². The molecule has 0 spiro atoms. The second kappa shape index (κ2) is 6.47. The molecule has 2 atom stereocenters. The Bertz CT molecular complexity index is 823. The molecule has 2 aromatic heterocycles. The van der Waals surface area contributed by atoms with Gasteiger partial charge in [0, 0.05) is 29.9 Å². The third-order valence-electron chi connectivity index (χ3n) is 4.67. The molecule has 5 nitrogen and oxygen atoms in total. The van der Waals surface area contributed by atoms with E-state index in [-0.39, 0.29) is 0 Å². The normalized spacial score (nSPS) is 23.7. The molecule has 4 rings (SSSR count). The Morgan fingerprint density at radius 3 is 2.58 bits per heavy atom. The highest BCUT2D eigenvalue weighted by Crippen LogP contribution is 2.28. The number of fused-ring (bicyclic) bond motifs is 1. The predicted molar refractivity (Wildman–Crippen MR) is 100 cm³/mol. The van der Waals surface area contributed by atoms with E-state index in [1.165, 1.54) is 0 Å². The summed E-state index contributed by atoms with van der Waals surface area (Å²) < 4.78 is 0. The molecule has 0 bridgehead atoms. The quantitative estimate of drug-likeness (QED) is 0.681. The van der Waals surface area contributed by atoms with Crippen molar-refractivity contribution in [2.75, 3.05) is 11.9 Å². The van der Waals surface area contributed by atoms with E-state index in [4.69, 9.17) is 9.97 Å². The molecule has 1 saturated heterocycles. The lowest BCUT2D eigenvalue weighted by Gasteiger charge is -2.19. The van der Waals surface area contributed by atoms with Crippen LogP contribution in [0, 0.1) is 5.92 Å². The minimum atomic E-state index is 0.428. The summed E-state index contributed by atoms with van der Waals surface area (Å²) in [5, 5.41) is 6.69. The van der Waals surface area contributed by atoms with Crippen LogP contribution in [0.25, 0.3) is 21.6 Å². The van der Waals surface area contributed by atoms with Crippen molar-refractivity contribution >= 4 is 28.1 Å². The van der Waals surface area contributed by atoms with Crippen LogP contribution in [-0.4, -0.2) is 28.6 Å². The highest BCUT2D eigenvalue weighted by atomic mass is 32.1. The summed E-state index contributed by atoms with van der Waals surface area (Å²) in [7, 11) is 0. The van der Waals surface area contributed by atoms with Crippen molar-refractivity contribution in [2.24, 2.45) is 5.92 Å². The molecule has 24 heavy (non-hydrogen) atoms. The number of nitrogens with zero attached hydrogens (tertiary/aromatic N) is 2. The van der Waals surface area contributed by atoms with Gasteiger partial charge in [0.05, 0.1) is 10.4 Å². The Balaban J connectivity index is 1.68. The van der Waals surface area contributed by atoms with Gasteiger partial charge in [0.15, 0.2) is 5.82 Å². The first-order valence-corrected chi connectivity index (χ1v) is 9.16. The maximum absolute atomic E-state index is 4.80. The van der Waals surface area contributed by atoms with E-state index in [0.717, 1.165) is 34.0 Å². The minimum Gasteiger partial charge on any atom is -0.369 e. The molecule has 0 aliphatic carbocycles. The zero-order valence-corrected chi connectivity index (χ0v) is 14.6. The summed E-state index contributed by atoms with van der Waals surface area (Å²) >= 11 is 1.66. The number of anilines is 1. The van der Waals surface area contributed by atoms with E-state index in [0.29, 0.717) is 18.0 Å². The number of benzene rings is 1. The van der Waals surface area contributed by atoms with Gasteiger partial charge in [-0.05, 0) is 37.4 Å². The lowest BCUT2D eigenvalue weighted by Crippen LogP contribution is -2.30. The van der Waals surface area contributed by atoms with Gasteiger partial charge in [0.25, 0.3) is 0 Å². The van der Waals surface area contributed by atoms with Gasteiger partial charge in [-0.1, -0.05) is 18.2 Å². The predicted octanol–water partition coefficient (Wildman–Crippen LogP) is 3.27. The van der Waals surface area contributed by atoms with E-state index in [1.54, 1.807) is 11.3 Å². The smallest absolute Gasteiger partial charge is 0.172 e. The summed E-state index contributed by atoms with van der Waals surface area (Å²) in [6.45, 7) is 5.28. The van der Waals surface area contributed by atoms with Crippen LogP contribution in [0.3, 0.4) is 0 Å². The molecule has 0 amide bonds. The zero-order valence-electron chi connectivity index (χ0n) is 13.8. The van der Waals surface area contributed by atoms with Gasteiger partial charge in [0.1, 0.15) is 5.82 Å². The fourth-order valence-corrected chi connectivity index (χ4v) is 3.86. The molecule has 1 aromatic carbocycles. The van der Waals surface area contributed by atoms with Crippen molar-refractivity contribution in [1.82, 2.24) is 20.8 Å². The third-order valence-corrected chi connectivity index (χ3v) is 5.54. The Morgan fingerprint density at radius 2 is 1.83 bits per heavy atom. The van der Waals surface area contributed by atoms with Gasteiger partial charge in [-0.25, -0.2) is 9.97 Å².